The van der Waals surface area contributed by atoms with Gasteiger partial charge in [0.05, 0.1) is 5.69 Å². The Bertz CT molecular complexity index is 834. The Morgan fingerprint density at radius 1 is 1.12 bits per heavy atom. The molecule has 3 rings (SSSR count). The van der Waals surface area contributed by atoms with Crippen molar-refractivity contribution in [1.29, 1.82) is 0 Å². The van der Waals surface area contributed by atoms with Gasteiger partial charge in [-0.15, -0.1) is 11.3 Å². The summed E-state index contributed by atoms with van der Waals surface area (Å²) in [5, 5.41) is 7.82. The monoisotopic (exact) mass is 405 g/mol. The van der Waals surface area contributed by atoms with Crippen molar-refractivity contribution in [3.05, 3.63) is 69.8 Å². The zero-order chi connectivity index (χ0) is 16.9. The maximum atomic E-state index is 12.8. The Hall–Kier alpha value is -2.25. The third-order valence-electron chi connectivity index (χ3n) is 3.23. The zero-order valence-corrected chi connectivity index (χ0v) is 14.8. The van der Waals surface area contributed by atoms with Gasteiger partial charge in [0.15, 0.2) is 5.13 Å². The van der Waals surface area contributed by atoms with Crippen molar-refractivity contribution >= 4 is 38.4 Å². The number of amides is 2. The van der Waals surface area contributed by atoms with Crippen LogP contribution in [0, 0.1) is 5.82 Å². The molecule has 2 N–H and O–H groups in total. The molecule has 0 aliphatic heterocycles. The molecular weight excluding hydrogens is 393 g/mol. The zero-order valence-electron chi connectivity index (χ0n) is 12.4. The summed E-state index contributed by atoms with van der Waals surface area (Å²) in [4.78, 5) is 16.3. The first-order valence-electron chi connectivity index (χ1n) is 7.11. The Balaban J connectivity index is 1.57. The summed E-state index contributed by atoms with van der Waals surface area (Å²) in [6.07, 6.45) is 0. The van der Waals surface area contributed by atoms with Crippen LogP contribution in [0.2, 0.25) is 0 Å². The van der Waals surface area contributed by atoms with E-state index in [9.17, 15) is 9.18 Å². The number of hydrogen-bond acceptors (Lipinski definition) is 3. The average molecular weight is 406 g/mol. The summed E-state index contributed by atoms with van der Waals surface area (Å²) in [6, 6.07) is 13.4. The number of halogens is 2. The minimum Gasteiger partial charge on any atom is -0.334 e. The van der Waals surface area contributed by atoms with Crippen molar-refractivity contribution < 1.29 is 9.18 Å². The highest BCUT2D eigenvalue weighted by atomic mass is 79.9. The Morgan fingerprint density at radius 2 is 1.83 bits per heavy atom. The number of carbonyl (C=O) groups is 1. The molecule has 0 atom stereocenters. The maximum absolute atomic E-state index is 12.8. The Kier molecular flexibility index (Phi) is 5.22. The van der Waals surface area contributed by atoms with Crippen LogP contribution in [-0.2, 0) is 6.54 Å². The molecule has 0 saturated heterocycles. The van der Waals surface area contributed by atoms with Crippen LogP contribution >= 0.6 is 27.3 Å². The van der Waals surface area contributed by atoms with E-state index in [1.165, 1.54) is 23.5 Å². The predicted molar refractivity (Wildman–Crippen MR) is 97.5 cm³/mol. The highest BCUT2D eigenvalue weighted by Gasteiger charge is 2.08. The number of anilines is 1. The minimum absolute atomic E-state index is 0.300. The lowest BCUT2D eigenvalue weighted by atomic mass is 10.2. The summed E-state index contributed by atoms with van der Waals surface area (Å²) >= 11 is 4.75. The highest BCUT2D eigenvalue weighted by molar-refractivity contribution is 9.10. The lowest BCUT2D eigenvalue weighted by Crippen LogP contribution is -2.28. The maximum Gasteiger partial charge on any atom is 0.321 e. The first kappa shape index (κ1) is 16.6. The Morgan fingerprint density at radius 3 is 2.54 bits per heavy atom. The van der Waals surface area contributed by atoms with Gasteiger partial charge in [-0.3, -0.25) is 5.32 Å². The Labute approximate surface area is 150 Å². The molecule has 0 radical (unpaired) electrons. The largest absolute Gasteiger partial charge is 0.334 e. The van der Waals surface area contributed by atoms with Gasteiger partial charge in [0, 0.05) is 22.0 Å². The summed E-state index contributed by atoms with van der Waals surface area (Å²) < 4.78 is 13.8. The molecule has 0 spiro atoms. The van der Waals surface area contributed by atoms with Crippen LogP contribution < -0.4 is 10.6 Å². The smallest absolute Gasteiger partial charge is 0.321 e. The normalized spacial score (nSPS) is 10.4. The fraction of sp³-hybridized carbons (Fsp3) is 0.0588. The number of rotatable bonds is 4. The van der Waals surface area contributed by atoms with Gasteiger partial charge in [-0.05, 0) is 29.8 Å². The van der Waals surface area contributed by atoms with Gasteiger partial charge in [0.2, 0.25) is 0 Å². The number of nitrogens with zero attached hydrogens (tertiary/aromatic N) is 1. The molecule has 122 valence electrons. The summed E-state index contributed by atoms with van der Waals surface area (Å²) in [5.74, 6) is -0.300. The second-order valence-electron chi connectivity index (χ2n) is 4.98. The van der Waals surface area contributed by atoms with E-state index < -0.39 is 0 Å². The van der Waals surface area contributed by atoms with Gasteiger partial charge < -0.3 is 5.32 Å². The molecule has 2 aromatic carbocycles. The van der Waals surface area contributed by atoms with Crippen molar-refractivity contribution in [1.82, 2.24) is 10.3 Å². The molecule has 0 aliphatic rings. The number of nitrogens with one attached hydrogen (secondary N) is 2. The van der Waals surface area contributed by atoms with Crippen molar-refractivity contribution in [2.45, 2.75) is 6.54 Å². The van der Waals surface area contributed by atoms with Crippen molar-refractivity contribution in [3.63, 3.8) is 0 Å². The molecule has 1 heterocycles. The van der Waals surface area contributed by atoms with Crippen LogP contribution in [0.15, 0.2) is 58.4 Å². The number of thiazole rings is 1. The standard InChI is InChI=1S/C17H13BrFN3OS/c18-13-5-3-12(4-6-13)15-10-24-17(21-15)22-16(23)20-9-11-1-7-14(19)8-2-11/h1-8,10H,9H2,(H2,20,21,22,23). The number of aromatic nitrogens is 1. The molecular formula is C17H13BrFN3OS. The van der Waals surface area contributed by atoms with E-state index in [1.54, 1.807) is 12.1 Å². The minimum atomic E-state index is -0.351. The van der Waals surface area contributed by atoms with Crippen molar-refractivity contribution in [2.24, 2.45) is 0 Å². The molecule has 7 heteroatoms. The van der Waals surface area contributed by atoms with Gasteiger partial charge in [0.25, 0.3) is 0 Å². The van der Waals surface area contributed by atoms with E-state index in [0.717, 1.165) is 21.3 Å². The fourth-order valence-electron chi connectivity index (χ4n) is 2.01. The van der Waals surface area contributed by atoms with Crippen molar-refractivity contribution in [2.75, 3.05) is 5.32 Å². The second kappa shape index (κ2) is 7.55. The van der Waals surface area contributed by atoms with E-state index in [2.05, 4.69) is 31.5 Å². The second-order valence-corrected chi connectivity index (χ2v) is 6.75. The van der Waals surface area contributed by atoms with Gasteiger partial charge in [-0.1, -0.05) is 40.2 Å². The molecule has 0 bridgehead atoms. The molecule has 0 fully saturated rings. The van der Waals surface area contributed by atoms with Crippen LogP contribution in [0.3, 0.4) is 0 Å². The van der Waals surface area contributed by atoms with Crippen LogP contribution in [0.25, 0.3) is 11.3 Å². The SMILES string of the molecule is O=C(NCc1ccc(F)cc1)Nc1nc(-c2ccc(Br)cc2)cs1. The summed E-state index contributed by atoms with van der Waals surface area (Å²) in [5.41, 5.74) is 2.61. The van der Waals surface area contributed by atoms with Crippen molar-refractivity contribution in [3.8, 4) is 11.3 Å². The molecule has 0 aliphatic carbocycles. The summed E-state index contributed by atoms with van der Waals surface area (Å²) in [6.45, 7) is 0.317. The fourth-order valence-corrected chi connectivity index (χ4v) is 2.99. The van der Waals surface area contributed by atoms with E-state index in [4.69, 9.17) is 0 Å². The summed E-state index contributed by atoms with van der Waals surface area (Å²) in [7, 11) is 0. The van der Waals surface area contributed by atoms with E-state index in [0.29, 0.717) is 11.7 Å². The first-order valence-corrected chi connectivity index (χ1v) is 8.78. The van der Waals surface area contributed by atoms with Gasteiger partial charge in [-0.2, -0.15) is 0 Å². The predicted octanol–water partition coefficient (Wildman–Crippen LogP) is 5.03. The first-order chi connectivity index (χ1) is 11.6. The van der Waals surface area contributed by atoms with E-state index in [1.807, 2.05) is 29.6 Å². The number of hydrogen-bond donors (Lipinski definition) is 2. The van der Waals surface area contributed by atoms with Crippen LogP contribution in [-0.4, -0.2) is 11.0 Å². The van der Waals surface area contributed by atoms with Crippen LogP contribution in [0.1, 0.15) is 5.56 Å². The molecule has 1 aromatic heterocycles. The average Bonchev–Trinajstić information content (AvgIpc) is 3.03. The number of benzene rings is 2. The lowest BCUT2D eigenvalue weighted by Gasteiger charge is -2.05. The van der Waals surface area contributed by atoms with E-state index >= 15 is 0 Å². The number of carbonyl (C=O) groups excluding carboxylic acids is 1. The molecule has 0 saturated carbocycles. The molecule has 2 amide bonds. The van der Waals surface area contributed by atoms with Gasteiger partial charge in [0.1, 0.15) is 5.82 Å². The third-order valence-corrected chi connectivity index (χ3v) is 4.52. The molecule has 0 unspecified atom stereocenters. The van der Waals surface area contributed by atoms with Crippen LogP contribution in [0.5, 0.6) is 0 Å². The van der Waals surface area contributed by atoms with Gasteiger partial charge >= 0.3 is 6.03 Å². The third kappa shape index (κ3) is 4.39. The highest BCUT2D eigenvalue weighted by Crippen LogP contribution is 2.25. The van der Waals surface area contributed by atoms with Crippen LogP contribution in [0.4, 0.5) is 14.3 Å². The topological polar surface area (TPSA) is 54.0 Å². The quantitative estimate of drug-likeness (QED) is 0.638. The lowest BCUT2D eigenvalue weighted by molar-refractivity contribution is 0.251. The molecule has 3 aromatic rings. The molecule has 24 heavy (non-hydrogen) atoms. The van der Waals surface area contributed by atoms with Gasteiger partial charge in [-0.25, -0.2) is 14.2 Å². The van der Waals surface area contributed by atoms with E-state index in [-0.39, 0.29) is 11.8 Å². The number of urea groups is 1. The molecule has 4 nitrogen and oxygen atoms in total.